The van der Waals surface area contributed by atoms with Crippen molar-refractivity contribution in [1.29, 1.82) is 0 Å². The first kappa shape index (κ1) is 11.3. The average molecular weight is 309 g/mol. The molecule has 0 saturated heterocycles. The summed E-state index contributed by atoms with van der Waals surface area (Å²) in [5, 5.41) is 3.07. The van der Waals surface area contributed by atoms with Crippen LogP contribution in [0.25, 0.3) is 27.5 Å². The van der Waals surface area contributed by atoms with Gasteiger partial charge in [0.05, 0.1) is 11.0 Å². The van der Waals surface area contributed by atoms with E-state index in [0.717, 1.165) is 21.7 Å². The number of aromatic amines is 1. The Hall–Kier alpha value is -1.56. The molecule has 4 aromatic rings. The molecule has 1 aromatic carbocycles. The number of thiazole rings is 1. The second-order valence-electron chi connectivity index (χ2n) is 4.05. The van der Waals surface area contributed by atoms with Crippen LogP contribution in [-0.2, 0) is 0 Å². The molecule has 0 aliphatic rings. The van der Waals surface area contributed by atoms with E-state index >= 15 is 0 Å². The lowest BCUT2D eigenvalue weighted by Gasteiger charge is -1.94. The minimum atomic E-state index is 0.442. The predicted octanol–water partition coefficient (Wildman–Crippen LogP) is 4.25. The van der Waals surface area contributed by atoms with Crippen molar-refractivity contribution in [2.24, 2.45) is 0 Å². The van der Waals surface area contributed by atoms with Gasteiger partial charge < -0.3 is 4.98 Å². The van der Waals surface area contributed by atoms with Crippen LogP contribution in [0.4, 0.5) is 0 Å². The highest BCUT2D eigenvalue weighted by Gasteiger charge is 2.16. The van der Waals surface area contributed by atoms with Crippen molar-refractivity contribution >= 4 is 50.5 Å². The third-order valence-electron chi connectivity index (χ3n) is 2.89. The fourth-order valence-electron chi connectivity index (χ4n) is 2.07. The molecule has 7 heteroatoms. The van der Waals surface area contributed by atoms with Crippen molar-refractivity contribution < 1.29 is 0 Å². The average Bonchev–Trinajstić information content (AvgIpc) is 3.01. The number of nitrogens with zero attached hydrogens (tertiary/aromatic N) is 3. The number of benzene rings is 1. The second-order valence-corrected chi connectivity index (χ2v) is 5.72. The van der Waals surface area contributed by atoms with E-state index in [0.29, 0.717) is 16.0 Å². The largest absolute Gasteiger partial charge is 0.337 e. The first-order chi connectivity index (χ1) is 9.22. The molecule has 0 aliphatic carbocycles. The summed E-state index contributed by atoms with van der Waals surface area (Å²) in [6.07, 6.45) is 1.92. The van der Waals surface area contributed by atoms with E-state index in [2.05, 4.69) is 15.0 Å². The van der Waals surface area contributed by atoms with Crippen LogP contribution in [0.5, 0.6) is 0 Å². The van der Waals surface area contributed by atoms with E-state index in [1.165, 1.54) is 11.3 Å². The van der Waals surface area contributed by atoms with Gasteiger partial charge in [-0.25, -0.2) is 9.97 Å². The van der Waals surface area contributed by atoms with Gasteiger partial charge in [-0.05, 0) is 18.2 Å². The summed E-state index contributed by atoms with van der Waals surface area (Å²) in [6, 6.07) is 5.53. The molecule has 0 spiro atoms. The van der Waals surface area contributed by atoms with E-state index in [1.807, 2.05) is 34.2 Å². The molecule has 0 saturated carbocycles. The molecule has 0 atom stereocenters. The zero-order valence-electron chi connectivity index (χ0n) is 9.39. The van der Waals surface area contributed by atoms with E-state index in [-0.39, 0.29) is 0 Å². The summed E-state index contributed by atoms with van der Waals surface area (Å²) in [6.45, 7) is 0. The van der Waals surface area contributed by atoms with Crippen LogP contribution in [0.2, 0.25) is 10.2 Å². The molecule has 0 amide bonds. The Kier molecular flexibility index (Phi) is 2.35. The van der Waals surface area contributed by atoms with Gasteiger partial charge in [-0.2, -0.15) is 0 Å². The van der Waals surface area contributed by atoms with Crippen molar-refractivity contribution in [2.75, 3.05) is 0 Å². The van der Waals surface area contributed by atoms with Crippen LogP contribution < -0.4 is 0 Å². The number of halogens is 2. The van der Waals surface area contributed by atoms with Crippen molar-refractivity contribution in [3.8, 4) is 11.5 Å². The summed E-state index contributed by atoms with van der Waals surface area (Å²) in [4.78, 5) is 12.9. The minimum Gasteiger partial charge on any atom is -0.337 e. The zero-order chi connectivity index (χ0) is 13.0. The Balaban J connectivity index is 2.03. The normalized spacial score (nSPS) is 11.7. The van der Waals surface area contributed by atoms with E-state index < -0.39 is 0 Å². The smallest absolute Gasteiger partial charge is 0.195 e. The highest BCUT2D eigenvalue weighted by molar-refractivity contribution is 7.15. The van der Waals surface area contributed by atoms with Gasteiger partial charge in [-0.15, -0.1) is 11.3 Å². The van der Waals surface area contributed by atoms with Crippen molar-refractivity contribution in [3.05, 3.63) is 40.0 Å². The molecular formula is C12H6Cl2N4S. The Bertz CT molecular complexity index is 905. The molecule has 0 bridgehead atoms. The molecule has 3 aromatic heterocycles. The second kappa shape index (κ2) is 3.96. The third kappa shape index (κ3) is 1.66. The third-order valence-corrected chi connectivity index (χ3v) is 4.14. The van der Waals surface area contributed by atoms with Gasteiger partial charge in [0, 0.05) is 16.6 Å². The van der Waals surface area contributed by atoms with Gasteiger partial charge in [-0.3, -0.25) is 4.40 Å². The Morgan fingerprint density at radius 2 is 2.11 bits per heavy atom. The Morgan fingerprint density at radius 3 is 3.00 bits per heavy atom. The first-order valence-electron chi connectivity index (χ1n) is 5.49. The minimum absolute atomic E-state index is 0.442. The number of imidazole rings is 2. The molecular weight excluding hydrogens is 303 g/mol. The maximum Gasteiger partial charge on any atom is 0.195 e. The van der Waals surface area contributed by atoms with Crippen LogP contribution >= 0.6 is 34.5 Å². The number of hydrogen-bond donors (Lipinski definition) is 1. The standard InChI is InChI=1S/C12H6Cl2N4S/c13-6-1-2-7-8(5-6)16-11(15-7)9-10(14)17-12-18(9)3-4-19-12/h1-5H,(H,15,16). The lowest BCUT2D eigenvalue weighted by atomic mass is 10.3. The van der Waals surface area contributed by atoms with Crippen molar-refractivity contribution in [1.82, 2.24) is 19.4 Å². The molecule has 19 heavy (non-hydrogen) atoms. The number of fused-ring (bicyclic) bond motifs is 2. The van der Waals surface area contributed by atoms with Crippen molar-refractivity contribution in [3.63, 3.8) is 0 Å². The summed E-state index contributed by atoms with van der Waals surface area (Å²) in [7, 11) is 0. The number of nitrogens with one attached hydrogen (secondary N) is 1. The number of aromatic nitrogens is 4. The molecule has 4 rings (SSSR count). The Morgan fingerprint density at radius 1 is 1.21 bits per heavy atom. The topological polar surface area (TPSA) is 46.0 Å². The van der Waals surface area contributed by atoms with E-state index in [9.17, 15) is 0 Å². The van der Waals surface area contributed by atoms with Crippen LogP contribution in [0.15, 0.2) is 29.8 Å². The summed E-state index contributed by atoms with van der Waals surface area (Å²) >= 11 is 13.7. The van der Waals surface area contributed by atoms with E-state index in [4.69, 9.17) is 23.2 Å². The summed E-state index contributed by atoms with van der Waals surface area (Å²) < 4.78 is 1.92. The van der Waals surface area contributed by atoms with Crippen LogP contribution in [0, 0.1) is 0 Å². The molecule has 1 N–H and O–H groups in total. The van der Waals surface area contributed by atoms with Gasteiger partial charge in [0.2, 0.25) is 0 Å². The van der Waals surface area contributed by atoms with Crippen LogP contribution in [0.1, 0.15) is 0 Å². The van der Waals surface area contributed by atoms with Gasteiger partial charge in [-0.1, -0.05) is 23.2 Å². The van der Waals surface area contributed by atoms with Gasteiger partial charge in [0.15, 0.2) is 15.9 Å². The lowest BCUT2D eigenvalue weighted by Crippen LogP contribution is -1.86. The van der Waals surface area contributed by atoms with Crippen molar-refractivity contribution in [2.45, 2.75) is 0 Å². The summed E-state index contributed by atoms with van der Waals surface area (Å²) in [5.41, 5.74) is 2.50. The van der Waals surface area contributed by atoms with Crippen LogP contribution in [0.3, 0.4) is 0 Å². The summed E-state index contributed by atoms with van der Waals surface area (Å²) in [5.74, 6) is 0.688. The maximum absolute atomic E-state index is 6.19. The van der Waals surface area contributed by atoms with Gasteiger partial charge in [0.25, 0.3) is 0 Å². The Labute approximate surface area is 121 Å². The highest BCUT2D eigenvalue weighted by atomic mass is 35.5. The number of rotatable bonds is 1. The van der Waals surface area contributed by atoms with E-state index in [1.54, 1.807) is 0 Å². The molecule has 0 aliphatic heterocycles. The molecule has 0 unspecified atom stereocenters. The molecule has 0 radical (unpaired) electrons. The highest BCUT2D eigenvalue weighted by Crippen LogP contribution is 2.30. The maximum atomic E-state index is 6.19. The SMILES string of the molecule is Clc1ccc2nc(-c3c(Cl)nc4sccn34)[nH]c2c1. The number of hydrogen-bond acceptors (Lipinski definition) is 3. The molecule has 3 heterocycles. The molecule has 4 nitrogen and oxygen atoms in total. The number of H-pyrrole nitrogens is 1. The fraction of sp³-hybridized carbons (Fsp3) is 0. The quantitative estimate of drug-likeness (QED) is 0.571. The van der Waals surface area contributed by atoms with Gasteiger partial charge in [0.1, 0.15) is 5.69 Å². The zero-order valence-corrected chi connectivity index (χ0v) is 11.7. The molecule has 94 valence electrons. The monoisotopic (exact) mass is 308 g/mol. The fourth-order valence-corrected chi connectivity index (χ4v) is 3.26. The predicted molar refractivity (Wildman–Crippen MR) is 78.2 cm³/mol. The molecule has 0 fully saturated rings. The first-order valence-corrected chi connectivity index (χ1v) is 7.12. The lowest BCUT2D eigenvalue weighted by molar-refractivity contribution is 1.19. The van der Waals surface area contributed by atoms with Crippen LogP contribution in [-0.4, -0.2) is 19.4 Å². The van der Waals surface area contributed by atoms with Gasteiger partial charge >= 0.3 is 0 Å².